The minimum absolute atomic E-state index is 0.750. The van der Waals surface area contributed by atoms with Gasteiger partial charge >= 0.3 is 0 Å². The first-order valence-electron chi connectivity index (χ1n) is 7.23. The second-order valence-electron chi connectivity index (χ2n) is 6.02. The van der Waals surface area contributed by atoms with E-state index < -0.39 is 0 Å². The highest BCUT2D eigenvalue weighted by atomic mass is 32.1. The van der Waals surface area contributed by atoms with E-state index in [0.717, 1.165) is 31.1 Å². The average Bonchev–Trinajstić information content (AvgIpc) is 3.26. The van der Waals surface area contributed by atoms with Crippen LogP contribution in [0.25, 0.3) is 0 Å². The van der Waals surface area contributed by atoms with Crippen LogP contribution in [0.1, 0.15) is 42.4 Å². The van der Waals surface area contributed by atoms with Gasteiger partial charge in [-0.05, 0) is 57.7 Å². The lowest BCUT2D eigenvalue weighted by Gasteiger charge is -2.23. The molecule has 100 valence electrons. The van der Waals surface area contributed by atoms with Gasteiger partial charge < -0.3 is 5.32 Å². The molecule has 3 heteroatoms. The first kappa shape index (κ1) is 12.6. The normalized spacial score (nSPS) is 21.5. The summed E-state index contributed by atoms with van der Waals surface area (Å²) in [7, 11) is 2.27. The quantitative estimate of drug-likeness (QED) is 0.813. The van der Waals surface area contributed by atoms with Gasteiger partial charge in [0.25, 0.3) is 0 Å². The van der Waals surface area contributed by atoms with Crippen molar-refractivity contribution >= 4 is 11.3 Å². The second kappa shape index (κ2) is 5.32. The van der Waals surface area contributed by atoms with Crippen molar-refractivity contribution in [1.29, 1.82) is 0 Å². The molecule has 2 aliphatic rings. The summed E-state index contributed by atoms with van der Waals surface area (Å²) in [5, 5.41) is 3.59. The Kier molecular flexibility index (Phi) is 3.73. The molecule has 0 aromatic carbocycles. The van der Waals surface area contributed by atoms with Crippen LogP contribution in [0.2, 0.25) is 0 Å². The fourth-order valence-corrected chi connectivity index (χ4v) is 3.50. The zero-order chi connectivity index (χ0) is 12.5. The van der Waals surface area contributed by atoms with Crippen LogP contribution in [0, 0.1) is 5.92 Å². The summed E-state index contributed by atoms with van der Waals surface area (Å²) >= 11 is 1.98. The van der Waals surface area contributed by atoms with Gasteiger partial charge in [-0.2, -0.15) is 0 Å². The van der Waals surface area contributed by atoms with Crippen LogP contribution < -0.4 is 5.32 Å². The molecule has 0 bridgehead atoms. The third-order valence-electron chi connectivity index (χ3n) is 4.26. The topological polar surface area (TPSA) is 15.3 Å². The van der Waals surface area contributed by atoms with Crippen LogP contribution in [0.4, 0.5) is 0 Å². The predicted molar refractivity (Wildman–Crippen MR) is 77.8 cm³/mol. The van der Waals surface area contributed by atoms with Crippen LogP contribution in [-0.2, 0) is 13.1 Å². The van der Waals surface area contributed by atoms with Crippen molar-refractivity contribution in [2.45, 2.75) is 57.8 Å². The van der Waals surface area contributed by atoms with Crippen LogP contribution in [0.15, 0.2) is 12.1 Å². The largest absolute Gasteiger partial charge is 0.309 e. The van der Waals surface area contributed by atoms with Crippen molar-refractivity contribution in [3.63, 3.8) is 0 Å². The van der Waals surface area contributed by atoms with Gasteiger partial charge in [-0.3, -0.25) is 4.90 Å². The van der Waals surface area contributed by atoms with Gasteiger partial charge in [0.2, 0.25) is 0 Å². The summed E-state index contributed by atoms with van der Waals surface area (Å²) in [6.45, 7) is 4.56. The van der Waals surface area contributed by atoms with Gasteiger partial charge in [0.15, 0.2) is 0 Å². The molecule has 1 atom stereocenters. The van der Waals surface area contributed by atoms with Crippen molar-refractivity contribution in [3.05, 3.63) is 21.9 Å². The van der Waals surface area contributed by atoms with Gasteiger partial charge in [0, 0.05) is 34.9 Å². The Morgan fingerprint density at radius 3 is 2.67 bits per heavy atom. The van der Waals surface area contributed by atoms with E-state index in [1.54, 1.807) is 0 Å². The van der Waals surface area contributed by atoms with E-state index in [9.17, 15) is 0 Å². The fourth-order valence-electron chi connectivity index (χ4n) is 2.46. The van der Waals surface area contributed by atoms with Gasteiger partial charge in [0.1, 0.15) is 0 Å². The number of nitrogens with one attached hydrogen (secondary N) is 1. The molecule has 1 aromatic rings. The monoisotopic (exact) mass is 264 g/mol. The highest BCUT2D eigenvalue weighted by molar-refractivity contribution is 7.11. The molecule has 0 saturated heterocycles. The molecule has 0 amide bonds. The number of thiophene rings is 1. The summed E-state index contributed by atoms with van der Waals surface area (Å²) in [4.78, 5) is 5.52. The SMILES string of the molecule is CC(C1CC1)N(C)Cc1ccc(CNC2CC2)s1. The Hall–Kier alpha value is -0.380. The van der Waals surface area contributed by atoms with Crippen LogP contribution >= 0.6 is 11.3 Å². The fraction of sp³-hybridized carbons (Fsp3) is 0.733. The second-order valence-corrected chi connectivity index (χ2v) is 7.27. The average molecular weight is 264 g/mol. The Labute approximate surface area is 114 Å². The summed E-state index contributed by atoms with van der Waals surface area (Å²) in [5.41, 5.74) is 0. The van der Waals surface area contributed by atoms with Crippen molar-refractivity contribution < 1.29 is 0 Å². The van der Waals surface area contributed by atoms with Crippen molar-refractivity contribution in [2.75, 3.05) is 7.05 Å². The van der Waals surface area contributed by atoms with E-state index in [0.29, 0.717) is 0 Å². The van der Waals surface area contributed by atoms with Crippen LogP contribution in [-0.4, -0.2) is 24.0 Å². The molecule has 2 aliphatic carbocycles. The molecule has 18 heavy (non-hydrogen) atoms. The van der Waals surface area contributed by atoms with Gasteiger partial charge in [-0.15, -0.1) is 11.3 Å². The predicted octanol–water partition coefficient (Wildman–Crippen LogP) is 3.23. The Bertz CT molecular complexity index is 393. The van der Waals surface area contributed by atoms with E-state index in [1.165, 1.54) is 35.4 Å². The molecular formula is C15H24N2S. The molecule has 1 unspecified atom stereocenters. The summed E-state index contributed by atoms with van der Waals surface area (Å²) in [6, 6.07) is 6.17. The smallest absolute Gasteiger partial charge is 0.0327 e. The highest BCUT2D eigenvalue weighted by Crippen LogP contribution is 2.35. The van der Waals surface area contributed by atoms with Gasteiger partial charge in [0.05, 0.1) is 0 Å². The molecule has 2 fully saturated rings. The van der Waals surface area contributed by atoms with Crippen molar-refractivity contribution in [3.8, 4) is 0 Å². The first-order chi connectivity index (χ1) is 8.72. The molecule has 3 rings (SSSR count). The van der Waals surface area contributed by atoms with E-state index in [-0.39, 0.29) is 0 Å². The summed E-state index contributed by atoms with van der Waals surface area (Å²) < 4.78 is 0. The van der Waals surface area contributed by atoms with E-state index in [4.69, 9.17) is 0 Å². The molecule has 1 aromatic heterocycles. The molecule has 0 radical (unpaired) electrons. The Morgan fingerprint density at radius 2 is 2.00 bits per heavy atom. The maximum atomic E-state index is 3.59. The first-order valence-corrected chi connectivity index (χ1v) is 8.05. The minimum atomic E-state index is 0.750. The molecule has 2 saturated carbocycles. The Balaban J connectivity index is 1.48. The molecule has 1 heterocycles. The zero-order valence-electron chi connectivity index (χ0n) is 11.5. The zero-order valence-corrected chi connectivity index (χ0v) is 12.3. The van der Waals surface area contributed by atoms with Crippen LogP contribution in [0.3, 0.4) is 0 Å². The number of nitrogens with zero attached hydrogens (tertiary/aromatic N) is 1. The maximum Gasteiger partial charge on any atom is 0.0327 e. The lowest BCUT2D eigenvalue weighted by Crippen LogP contribution is -2.29. The summed E-state index contributed by atoms with van der Waals surface area (Å²) in [6.07, 6.45) is 5.62. The standard InChI is InChI=1S/C15H24N2S/c1-11(12-3-4-12)17(2)10-15-8-7-14(18-15)9-16-13-5-6-13/h7-8,11-13,16H,3-6,9-10H2,1-2H3. The molecule has 1 N–H and O–H groups in total. The molecule has 0 spiro atoms. The third-order valence-corrected chi connectivity index (χ3v) is 5.33. The summed E-state index contributed by atoms with van der Waals surface area (Å²) in [5.74, 6) is 0.964. The van der Waals surface area contributed by atoms with Crippen molar-refractivity contribution in [2.24, 2.45) is 5.92 Å². The Morgan fingerprint density at radius 1 is 1.28 bits per heavy atom. The lowest BCUT2D eigenvalue weighted by molar-refractivity contribution is 0.228. The highest BCUT2D eigenvalue weighted by Gasteiger charge is 2.30. The lowest BCUT2D eigenvalue weighted by atomic mass is 10.2. The van der Waals surface area contributed by atoms with E-state index >= 15 is 0 Å². The maximum absolute atomic E-state index is 3.59. The van der Waals surface area contributed by atoms with E-state index in [2.05, 4.69) is 36.3 Å². The van der Waals surface area contributed by atoms with Gasteiger partial charge in [-0.25, -0.2) is 0 Å². The molecular weight excluding hydrogens is 240 g/mol. The van der Waals surface area contributed by atoms with Crippen molar-refractivity contribution in [1.82, 2.24) is 10.2 Å². The molecule has 0 aliphatic heterocycles. The number of hydrogen-bond donors (Lipinski definition) is 1. The number of hydrogen-bond acceptors (Lipinski definition) is 3. The molecule has 2 nitrogen and oxygen atoms in total. The van der Waals surface area contributed by atoms with E-state index in [1.807, 2.05) is 11.3 Å². The number of rotatable bonds is 7. The van der Waals surface area contributed by atoms with Gasteiger partial charge in [-0.1, -0.05) is 0 Å². The van der Waals surface area contributed by atoms with Crippen LogP contribution in [0.5, 0.6) is 0 Å². The minimum Gasteiger partial charge on any atom is -0.309 e. The third kappa shape index (κ3) is 3.34.